The quantitative estimate of drug-likeness (QED) is 0.827. The van der Waals surface area contributed by atoms with Gasteiger partial charge in [0.25, 0.3) is 0 Å². The van der Waals surface area contributed by atoms with Gasteiger partial charge in [0.1, 0.15) is 5.75 Å². The number of nitrogens with zero attached hydrogens (tertiary/aromatic N) is 1. The molecule has 2 unspecified atom stereocenters. The van der Waals surface area contributed by atoms with Crippen LogP contribution in [0.25, 0.3) is 0 Å². The number of aliphatic hydroxyl groups excluding tert-OH is 1. The van der Waals surface area contributed by atoms with Gasteiger partial charge in [0.15, 0.2) is 0 Å². The maximum Gasteiger partial charge on any atom is 0.122 e. The first-order chi connectivity index (χ1) is 8.43. The van der Waals surface area contributed by atoms with Gasteiger partial charge < -0.3 is 20.5 Å². The fourth-order valence-electron chi connectivity index (χ4n) is 2.35. The van der Waals surface area contributed by atoms with Crippen LogP contribution in [0.4, 0.5) is 0 Å². The van der Waals surface area contributed by atoms with E-state index in [1.807, 2.05) is 38.1 Å². The van der Waals surface area contributed by atoms with Crippen LogP contribution in [0, 0.1) is 13.8 Å². The maximum absolute atomic E-state index is 9.30. The third kappa shape index (κ3) is 2.83. The molecule has 3 N–H and O–H groups in total. The molecule has 0 aliphatic carbocycles. The molecule has 0 bridgehead atoms. The van der Waals surface area contributed by atoms with E-state index in [9.17, 15) is 5.11 Å². The van der Waals surface area contributed by atoms with Crippen molar-refractivity contribution in [2.45, 2.75) is 25.9 Å². The summed E-state index contributed by atoms with van der Waals surface area (Å²) in [4.78, 5) is 2.04. The van der Waals surface area contributed by atoms with E-state index < -0.39 is 0 Å². The van der Waals surface area contributed by atoms with Crippen LogP contribution in [0.2, 0.25) is 0 Å². The van der Waals surface area contributed by atoms with Crippen LogP contribution in [-0.4, -0.2) is 43.9 Å². The van der Waals surface area contributed by atoms with Crippen molar-refractivity contribution in [3.8, 4) is 5.75 Å². The molecule has 18 heavy (non-hydrogen) atoms. The summed E-state index contributed by atoms with van der Waals surface area (Å²) in [5, 5.41) is 9.30. The van der Waals surface area contributed by atoms with E-state index in [1.165, 1.54) is 0 Å². The zero-order chi connectivity index (χ0) is 13.9. The van der Waals surface area contributed by atoms with Crippen molar-refractivity contribution in [2.24, 2.45) is 5.73 Å². The van der Waals surface area contributed by atoms with Crippen molar-refractivity contribution >= 4 is 0 Å². The minimum Gasteiger partial charge on any atom is -0.496 e. The van der Waals surface area contributed by atoms with Crippen molar-refractivity contribution < 1.29 is 9.84 Å². The van der Waals surface area contributed by atoms with Crippen LogP contribution in [0.1, 0.15) is 22.7 Å². The molecule has 1 rings (SSSR count). The molecular formula is C14H24N2O2. The third-order valence-corrected chi connectivity index (χ3v) is 3.49. The SMILES string of the molecule is COc1ccc(C(C(N)CO)N(C)C)c(C)c1C. The van der Waals surface area contributed by atoms with Gasteiger partial charge in [0.2, 0.25) is 0 Å². The Bertz CT molecular complexity index is 405. The normalized spacial score (nSPS) is 14.7. The fraction of sp³-hybridized carbons (Fsp3) is 0.571. The van der Waals surface area contributed by atoms with E-state index >= 15 is 0 Å². The molecule has 4 nitrogen and oxygen atoms in total. The maximum atomic E-state index is 9.30. The Balaban J connectivity index is 3.26. The molecule has 1 aromatic carbocycles. The lowest BCUT2D eigenvalue weighted by molar-refractivity contribution is 0.181. The third-order valence-electron chi connectivity index (χ3n) is 3.49. The number of aliphatic hydroxyl groups is 1. The highest BCUT2D eigenvalue weighted by Crippen LogP contribution is 2.30. The Morgan fingerprint density at radius 3 is 2.33 bits per heavy atom. The Labute approximate surface area is 109 Å². The standard InChI is InChI=1S/C14H24N2O2/c1-9-10(2)13(18-5)7-6-11(9)14(16(3)4)12(15)8-17/h6-7,12,14,17H,8,15H2,1-5H3. The average molecular weight is 252 g/mol. The average Bonchev–Trinajstić information content (AvgIpc) is 2.34. The molecule has 0 aliphatic heterocycles. The monoisotopic (exact) mass is 252 g/mol. The molecule has 1 aromatic rings. The van der Waals surface area contributed by atoms with E-state index in [-0.39, 0.29) is 18.7 Å². The molecule has 0 heterocycles. The van der Waals surface area contributed by atoms with E-state index in [0.29, 0.717) is 0 Å². The number of ether oxygens (including phenoxy) is 1. The van der Waals surface area contributed by atoms with Crippen LogP contribution in [-0.2, 0) is 0 Å². The molecule has 4 heteroatoms. The second-order valence-corrected chi connectivity index (χ2v) is 4.86. The van der Waals surface area contributed by atoms with Crippen LogP contribution < -0.4 is 10.5 Å². The molecule has 0 radical (unpaired) electrons. The van der Waals surface area contributed by atoms with Crippen molar-refractivity contribution in [1.82, 2.24) is 4.90 Å². The van der Waals surface area contributed by atoms with Gasteiger partial charge in [-0.2, -0.15) is 0 Å². The van der Waals surface area contributed by atoms with Gasteiger partial charge in [-0.1, -0.05) is 6.07 Å². The topological polar surface area (TPSA) is 58.7 Å². The zero-order valence-corrected chi connectivity index (χ0v) is 11.9. The van der Waals surface area contributed by atoms with Crippen LogP contribution in [0.3, 0.4) is 0 Å². The lowest BCUT2D eigenvalue weighted by atomic mass is 9.92. The lowest BCUT2D eigenvalue weighted by Crippen LogP contribution is -2.40. The van der Waals surface area contributed by atoms with Crippen molar-refractivity contribution in [3.05, 3.63) is 28.8 Å². The minimum atomic E-state index is -0.300. The molecule has 0 amide bonds. The predicted molar refractivity (Wildman–Crippen MR) is 74.0 cm³/mol. The van der Waals surface area contributed by atoms with E-state index in [4.69, 9.17) is 10.5 Å². The summed E-state index contributed by atoms with van der Waals surface area (Å²) in [6.45, 7) is 4.07. The van der Waals surface area contributed by atoms with Crippen LogP contribution in [0.5, 0.6) is 5.75 Å². The number of hydrogen-bond donors (Lipinski definition) is 2. The number of hydrogen-bond acceptors (Lipinski definition) is 4. The molecular weight excluding hydrogens is 228 g/mol. The molecule has 102 valence electrons. The van der Waals surface area contributed by atoms with E-state index in [1.54, 1.807) is 7.11 Å². The Kier molecular flexibility index (Phi) is 5.14. The number of rotatable bonds is 5. The Hall–Kier alpha value is -1.10. The summed E-state index contributed by atoms with van der Waals surface area (Å²) in [5.74, 6) is 0.881. The highest BCUT2D eigenvalue weighted by molar-refractivity contribution is 5.45. The lowest BCUT2D eigenvalue weighted by Gasteiger charge is -2.31. The van der Waals surface area contributed by atoms with Gasteiger partial charge in [0, 0.05) is 6.04 Å². The van der Waals surface area contributed by atoms with E-state index in [2.05, 4.69) is 6.92 Å². The summed E-state index contributed by atoms with van der Waals surface area (Å²) >= 11 is 0. The van der Waals surface area contributed by atoms with Gasteiger partial charge in [-0.15, -0.1) is 0 Å². The first-order valence-corrected chi connectivity index (χ1v) is 6.11. The highest BCUT2D eigenvalue weighted by atomic mass is 16.5. The molecule has 0 saturated heterocycles. The largest absolute Gasteiger partial charge is 0.496 e. The molecule has 0 fully saturated rings. The minimum absolute atomic E-state index is 0.000365. The summed E-state index contributed by atoms with van der Waals surface area (Å²) in [7, 11) is 5.61. The molecule has 0 aliphatic rings. The number of methoxy groups -OCH3 is 1. The summed E-state index contributed by atoms with van der Waals surface area (Å²) < 4.78 is 5.31. The van der Waals surface area contributed by atoms with Crippen LogP contribution >= 0.6 is 0 Å². The Morgan fingerprint density at radius 2 is 1.89 bits per heavy atom. The van der Waals surface area contributed by atoms with Gasteiger partial charge in [-0.05, 0) is 50.7 Å². The first kappa shape index (κ1) is 15.0. The Morgan fingerprint density at radius 1 is 1.28 bits per heavy atom. The van der Waals surface area contributed by atoms with Gasteiger partial charge in [-0.25, -0.2) is 0 Å². The zero-order valence-electron chi connectivity index (χ0n) is 11.9. The fourth-order valence-corrected chi connectivity index (χ4v) is 2.35. The van der Waals surface area contributed by atoms with Crippen molar-refractivity contribution in [2.75, 3.05) is 27.8 Å². The first-order valence-electron chi connectivity index (χ1n) is 6.11. The predicted octanol–water partition coefficient (Wildman–Crippen LogP) is 1.23. The van der Waals surface area contributed by atoms with Gasteiger partial charge in [0.05, 0.1) is 19.8 Å². The molecule has 0 aromatic heterocycles. The highest BCUT2D eigenvalue weighted by Gasteiger charge is 2.24. The van der Waals surface area contributed by atoms with Gasteiger partial charge >= 0.3 is 0 Å². The van der Waals surface area contributed by atoms with Crippen molar-refractivity contribution in [3.63, 3.8) is 0 Å². The molecule has 2 atom stereocenters. The molecule has 0 saturated carbocycles. The second kappa shape index (κ2) is 6.18. The number of likely N-dealkylation sites (N-methyl/N-ethyl adjacent to an activating group) is 1. The summed E-state index contributed by atoms with van der Waals surface area (Å²) in [5.41, 5.74) is 9.44. The number of nitrogens with two attached hydrogens (primary N) is 1. The molecule has 0 spiro atoms. The van der Waals surface area contributed by atoms with Crippen LogP contribution in [0.15, 0.2) is 12.1 Å². The second-order valence-electron chi connectivity index (χ2n) is 4.86. The summed E-state index contributed by atoms with van der Waals surface area (Å²) in [6.07, 6.45) is 0. The number of benzene rings is 1. The summed E-state index contributed by atoms with van der Waals surface area (Å²) in [6, 6.07) is 3.69. The van der Waals surface area contributed by atoms with E-state index in [0.717, 1.165) is 22.4 Å². The smallest absolute Gasteiger partial charge is 0.122 e. The van der Waals surface area contributed by atoms with Gasteiger partial charge in [-0.3, -0.25) is 0 Å². The van der Waals surface area contributed by atoms with Crippen molar-refractivity contribution in [1.29, 1.82) is 0 Å².